The van der Waals surface area contributed by atoms with E-state index in [2.05, 4.69) is 10.6 Å². The monoisotopic (exact) mass is 437 g/mol. The van der Waals surface area contributed by atoms with Crippen LogP contribution in [0.3, 0.4) is 0 Å². The molecule has 0 spiro atoms. The molecule has 0 bridgehead atoms. The van der Waals surface area contributed by atoms with Gasteiger partial charge in [-0.05, 0) is 44.9 Å². The van der Waals surface area contributed by atoms with Gasteiger partial charge in [-0.3, -0.25) is 14.4 Å². The van der Waals surface area contributed by atoms with Gasteiger partial charge >= 0.3 is 0 Å². The second kappa shape index (κ2) is 8.04. The van der Waals surface area contributed by atoms with E-state index in [1.54, 1.807) is 29.7 Å². The minimum absolute atomic E-state index is 0.131. The van der Waals surface area contributed by atoms with Crippen LogP contribution in [0, 0.1) is 0 Å². The van der Waals surface area contributed by atoms with Crippen LogP contribution >= 0.6 is 11.8 Å². The second-order valence-electron chi connectivity index (χ2n) is 8.65. The summed E-state index contributed by atoms with van der Waals surface area (Å²) in [6.45, 7) is 7.51. The number of carbonyl (C=O) groups excluding carboxylic acids is 3. The maximum absolute atomic E-state index is 13.3. The van der Waals surface area contributed by atoms with E-state index < -0.39 is 16.8 Å². The van der Waals surface area contributed by atoms with Gasteiger partial charge in [-0.15, -0.1) is 11.8 Å². The molecular formula is C24H27N3O3S. The lowest BCUT2D eigenvalue weighted by Gasteiger charge is -2.30. The van der Waals surface area contributed by atoms with Gasteiger partial charge in [-0.2, -0.15) is 0 Å². The molecule has 2 aliphatic heterocycles. The smallest absolute Gasteiger partial charge is 0.256 e. The Morgan fingerprint density at radius 1 is 1.00 bits per heavy atom. The second-order valence-corrected chi connectivity index (χ2v) is 10.4. The maximum atomic E-state index is 13.3. The number of rotatable bonds is 5. The van der Waals surface area contributed by atoms with Crippen LogP contribution in [0.15, 0.2) is 54.6 Å². The first-order valence-corrected chi connectivity index (χ1v) is 11.3. The Hall–Kier alpha value is -2.80. The van der Waals surface area contributed by atoms with Crippen LogP contribution in [0.2, 0.25) is 0 Å². The van der Waals surface area contributed by atoms with Gasteiger partial charge in [0.15, 0.2) is 0 Å². The quantitative estimate of drug-likeness (QED) is 0.751. The summed E-state index contributed by atoms with van der Waals surface area (Å²) in [6, 6.07) is 15.6. The fourth-order valence-corrected chi connectivity index (χ4v) is 5.91. The van der Waals surface area contributed by atoms with E-state index in [1.165, 1.54) is 0 Å². The third-order valence-corrected chi connectivity index (χ3v) is 7.49. The summed E-state index contributed by atoms with van der Waals surface area (Å²) < 4.78 is -0.481. The predicted octanol–water partition coefficient (Wildman–Crippen LogP) is 3.42. The van der Waals surface area contributed by atoms with Gasteiger partial charge in [0.1, 0.15) is 17.5 Å². The van der Waals surface area contributed by atoms with Crippen molar-refractivity contribution in [1.82, 2.24) is 15.5 Å². The van der Waals surface area contributed by atoms with Gasteiger partial charge < -0.3 is 15.5 Å². The van der Waals surface area contributed by atoms with Crippen molar-refractivity contribution < 1.29 is 14.4 Å². The Kier molecular flexibility index (Phi) is 5.56. The van der Waals surface area contributed by atoms with Crippen molar-refractivity contribution >= 4 is 29.5 Å². The van der Waals surface area contributed by atoms with E-state index in [0.717, 1.165) is 11.1 Å². The van der Waals surface area contributed by atoms with Crippen molar-refractivity contribution in [2.24, 2.45) is 0 Å². The Labute approximate surface area is 186 Å². The fraction of sp³-hybridized carbons (Fsp3) is 0.375. The highest BCUT2D eigenvalue weighted by atomic mass is 32.2. The molecule has 1 saturated heterocycles. The lowest BCUT2D eigenvalue weighted by molar-refractivity contribution is -0.131. The van der Waals surface area contributed by atoms with E-state index in [0.29, 0.717) is 5.56 Å². The normalized spacial score (nSPS) is 23.0. The highest BCUT2D eigenvalue weighted by molar-refractivity contribution is 8.01. The Bertz CT molecular complexity index is 1020. The van der Waals surface area contributed by atoms with Gasteiger partial charge in [0.25, 0.3) is 5.91 Å². The van der Waals surface area contributed by atoms with Crippen LogP contribution in [0.1, 0.15) is 60.6 Å². The number of thioether (sulfide) groups is 1. The summed E-state index contributed by atoms with van der Waals surface area (Å²) >= 11 is 1.61. The van der Waals surface area contributed by atoms with Gasteiger partial charge in [-0.1, -0.05) is 48.5 Å². The number of amides is 3. The molecule has 31 heavy (non-hydrogen) atoms. The summed E-state index contributed by atoms with van der Waals surface area (Å²) in [5.74, 6) is -0.703. The minimum atomic E-state index is -0.724. The molecule has 4 atom stereocenters. The molecule has 2 heterocycles. The summed E-state index contributed by atoms with van der Waals surface area (Å²) in [5, 5.41) is 5.59. The van der Waals surface area contributed by atoms with Crippen molar-refractivity contribution in [2.45, 2.75) is 55.9 Å². The molecule has 2 unspecified atom stereocenters. The first-order chi connectivity index (χ1) is 14.7. The van der Waals surface area contributed by atoms with Crippen LogP contribution in [-0.2, 0) is 9.59 Å². The Balaban J connectivity index is 1.46. The molecule has 1 fully saturated rings. The number of nitrogens with zero attached hydrogens (tertiary/aromatic N) is 1. The van der Waals surface area contributed by atoms with Crippen LogP contribution < -0.4 is 10.6 Å². The SMILES string of the molecule is CC(NC(=O)[C@H](C)NC(=O)[C@H]1N2C(=O)c3ccccc3C2SC1(C)C)c1ccccc1. The van der Waals surface area contributed by atoms with E-state index >= 15 is 0 Å². The number of hydrogen-bond acceptors (Lipinski definition) is 4. The van der Waals surface area contributed by atoms with Gasteiger partial charge in [0.2, 0.25) is 11.8 Å². The molecule has 0 radical (unpaired) electrons. The third-order valence-electron chi connectivity index (χ3n) is 5.96. The fourth-order valence-electron chi connectivity index (χ4n) is 4.33. The summed E-state index contributed by atoms with van der Waals surface area (Å²) in [5.41, 5.74) is 2.59. The lowest BCUT2D eigenvalue weighted by atomic mass is 10.0. The molecule has 0 aliphatic carbocycles. The molecule has 2 aromatic carbocycles. The molecule has 7 heteroatoms. The first-order valence-electron chi connectivity index (χ1n) is 10.5. The molecule has 0 aromatic heterocycles. The van der Waals surface area contributed by atoms with Gasteiger partial charge in [0.05, 0.1) is 6.04 Å². The minimum Gasteiger partial charge on any atom is -0.348 e. The molecule has 2 aliphatic rings. The Morgan fingerprint density at radius 2 is 1.65 bits per heavy atom. The number of benzene rings is 2. The maximum Gasteiger partial charge on any atom is 0.256 e. The molecule has 2 aromatic rings. The van der Waals surface area contributed by atoms with Crippen molar-refractivity contribution in [3.05, 3.63) is 71.3 Å². The molecule has 162 valence electrons. The number of nitrogens with one attached hydrogen (secondary N) is 2. The summed E-state index contributed by atoms with van der Waals surface area (Å²) in [7, 11) is 0. The first kappa shape index (κ1) is 21.4. The van der Waals surface area contributed by atoms with Gasteiger partial charge in [0, 0.05) is 10.3 Å². The van der Waals surface area contributed by atoms with Crippen molar-refractivity contribution in [3.8, 4) is 0 Å². The van der Waals surface area contributed by atoms with Crippen LogP contribution in [0.5, 0.6) is 0 Å². The number of carbonyl (C=O) groups is 3. The zero-order chi connectivity index (χ0) is 22.3. The summed E-state index contributed by atoms with van der Waals surface area (Å²) in [4.78, 5) is 40.7. The molecule has 4 rings (SSSR count). The zero-order valence-corrected chi connectivity index (χ0v) is 18.9. The third kappa shape index (κ3) is 3.83. The molecule has 3 amide bonds. The van der Waals surface area contributed by atoms with Crippen LogP contribution in [0.25, 0.3) is 0 Å². The van der Waals surface area contributed by atoms with E-state index in [4.69, 9.17) is 0 Å². The van der Waals surface area contributed by atoms with Crippen molar-refractivity contribution in [2.75, 3.05) is 0 Å². The average Bonchev–Trinajstić information content (AvgIpc) is 3.17. The number of hydrogen-bond donors (Lipinski definition) is 2. The molecule has 0 saturated carbocycles. The lowest BCUT2D eigenvalue weighted by Crippen LogP contribution is -2.56. The topological polar surface area (TPSA) is 78.5 Å². The zero-order valence-electron chi connectivity index (χ0n) is 18.1. The van der Waals surface area contributed by atoms with Crippen molar-refractivity contribution in [1.29, 1.82) is 0 Å². The summed E-state index contributed by atoms with van der Waals surface area (Å²) in [6.07, 6.45) is 0. The van der Waals surface area contributed by atoms with Crippen LogP contribution in [0.4, 0.5) is 0 Å². The predicted molar refractivity (Wildman–Crippen MR) is 121 cm³/mol. The average molecular weight is 438 g/mol. The molecular weight excluding hydrogens is 410 g/mol. The Morgan fingerprint density at radius 3 is 2.35 bits per heavy atom. The van der Waals surface area contributed by atoms with Crippen LogP contribution in [-0.4, -0.2) is 39.5 Å². The van der Waals surface area contributed by atoms with Crippen molar-refractivity contribution in [3.63, 3.8) is 0 Å². The standard InChI is InChI=1S/C24H27N3O3S/c1-14(16-10-6-5-7-11-16)25-20(28)15(2)26-21(29)19-24(3,4)31-23-18-13-9-8-12-17(18)22(30)27(19)23/h5-15,19,23H,1-4H3,(H,25,28)(H,26,29)/t14?,15-,19+,23?/m0/s1. The van der Waals surface area contributed by atoms with Gasteiger partial charge in [-0.25, -0.2) is 0 Å². The van der Waals surface area contributed by atoms with E-state index in [-0.39, 0.29) is 29.1 Å². The van der Waals surface area contributed by atoms with E-state index in [1.807, 2.05) is 69.3 Å². The molecule has 2 N–H and O–H groups in total. The largest absolute Gasteiger partial charge is 0.348 e. The highest BCUT2D eigenvalue weighted by Gasteiger charge is 2.57. The van der Waals surface area contributed by atoms with E-state index in [9.17, 15) is 14.4 Å². The molecule has 6 nitrogen and oxygen atoms in total. The number of fused-ring (bicyclic) bond motifs is 3. The highest BCUT2D eigenvalue weighted by Crippen LogP contribution is 2.56.